The molecule has 13 nitrogen and oxygen atoms in total. The van der Waals surface area contributed by atoms with Gasteiger partial charge in [-0.1, -0.05) is 0 Å². The number of aromatic hydroxyl groups is 2. The monoisotopic (exact) mass is 591 g/mol. The van der Waals surface area contributed by atoms with Gasteiger partial charge >= 0.3 is 6.03 Å². The van der Waals surface area contributed by atoms with Gasteiger partial charge in [-0.05, 0) is 54.4 Å². The summed E-state index contributed by atoms with van der Waals surface area (Å²) in [4.78, 5) is 56.6. The Morgan fingerprint density at radius 1 is 1.00 bits per heavy atom. The number of rotatable bonds is 5. The highest BCUT2D eigenvalue weighted by Crippen LogP contribution is 2.50. The Kier molecular flexibility index (Phi) is 7.19. The van der Waals surface area contributed by atoms with Crippen LogP contribution < -0.4 is 26.2 Å². The lowest BCUT2D eigenvalue weighted by Gasteiger charge is -2.50. The molecule has 43 heavy (non-hydrogen) atoms. The maximum atomic E-state index is 14.0. The van der Waals surface area contributed by atoms with E-state index in [1.54, 1.807) is 55.4 Å². The lowest BCUT2D eigenvalue weighted by Crippen LogP contribution is -2.74. The van der Waals surface area contributed by atoms with Gasteiger partial charge in [-0.25, -0.2) is 4.79 Å². The second-order valence-corrected chi connectivity index (χ2v) is 11.4. The maximum absolute atomic E-state index is 14.0. The van der Waals surface area contributed by atoms with Crippen LogP contribution in [0, 0.1) is 11.8 Å². The summed E-state index contributed by atoms with van der Waals surface area (Å²) in [6, 6.07) is 8.81. The molecule has 0 aromatic heterocycles. The summed E-state index contributed by atoms with van der Waals surface area (Å²) in [6.07, 6.45) is -2.53. The molecule has 1 saturated carbocycles. The Balaban J connectivity index is 1.60. The van der Waals surface area contributed by atoms with Gasteiger partial charge in [-0.15, -0.1) is 0 Å². The fourth-order valence-corrected chi connectivity index (χ4v) is 6.23. The van der Waals surface area contributed by atoms with Crippen LogP contribution in [0.5, 0.6) is 11.5 Å². The first-order valence-corrected chi connectivity index (χ1v) is 13.5. The Morgan fingerprint density at radius 3 is 2.23 bits per heavy atom. The first kappa shape index (κ1) is 29.6. The number of nitrogens with zero attached hydrogens (tertiary/aromatic N) is 2. The number of carbonyl (C=O) groups is 4. The van der Waals surface area contributed by atoms with Crippen LogP contribution in [0.2, 0.25) is 0 Å². The molecule has 5 rings (SSSR count). The number of nitrogens with two attached hydrogens (primary N) is 1. The van der Waals surface area contributed by atoms with Crippen molar-refractivity contribution in [3.8, 4) is 11.5 Å². The SMILES string of the molecule is CN(C)c1ccc(NC(=O)NC2C(=O)C(C(N)=O)C(O)[C@@]3(O)C(=O)c4c(cc5c(N(C)C)ccc(O)c5c4O)C[C@@H]23)cc1. The fraction of sp³-hybridized carbons (Fsp3) is 0.333. The van der Waals surface area contributed by atoms with Gasteiger partial charge in [0.1, 0.15) is 23.5 Å². The molecular formula is C30H33N5O8. The number of carbonyl (C=O) groups excluding carboxylic acids is 4. The number of primary amides is 1. The molecule has 5 atom stereocenters. The fourth-order valence-electron chi connectivity index (χ4n) is 6.23. The van der Waals surface area contributed by atoms with E-state index in [0.717, 1.165) is 5.69 Å². The van der Waals surface area contributed by atoms with Gasteiger partial charge < -0.3 is 46.6 Å². The Bertz CT molecular complexity index is 1670. The van der Waals surface area contributed by atoms with Crippen molar-refractivity contribution in [2.24, 2.45) is 17.6 Å². The van der Waals surface area contributed by atoms with Gasteiger partial charge in [-0.2, -0.15) is 0 Å². The Hall–Kier alpha value is -4.88. The minimum atomic E-state index is -2.80. The molecule has 8 N–H and O–H groups in total. The van der Waals surface area contributed by atoms with Crippen LogP contribution in [-0.2, 0) is 16.0 Å². The van der Waals surface area contributed by atoms with Crippen LogP contribution in [0.15, 0.2) is 42.5 Å². The van der Waals surface area contributed by atoms with E-state index in [4.69, 9.17) is 5.73 Å². The molecule has 2 aliphatic carbocycles. The zero-order chi connectivity index (χ0) is 31.5. The highest BCUT2D eigenvalue weighted by Gasteiger charge is 2.66. The van der Waals surface area contributed by atoms with Crippen molar-refractivity contribution in [1.82, 2.24) is 5.32 Å². The zero-order valence-corrected chi connectivity index (χ0v) is 24.0. The summed E-state index contributed by atoms with van der Waals surface area (Å²) < 4.78 is 0. The number of ketones is 2. The zero-order valence-electron chi connectivity index (χ0n) is 24.0. The first-order valence-electron chi connectivity index (χ1n) is 13.5. The summed E-state index contributed by atoms with van der Waals surface area (Å²) in [6.45, 7) is 0. The van der Waals surface area contributed by atoms with Gasteiger partial charge in [-0.3, -0.25) is 14.4 Å². The van der Waals surface area contributed by atoms with Crippen LogP contribution >= 0.6 is 0 Å². The van der Waals surface area contributed by atoms with E-state index in [-0.39, 0.29) is 28.7 Å². The molecule has 3 aromatic carbocycles. The number of fused-ring (bicyclic) bond motifs is 3. The Morgan fingerprint density at radius 2 is 1.65 bits per heavy atom. The smallest absolute Gasteiger partial charge is 0.319 e. The quantitative estimate of drug-likeness (QED) is 0.207. The van der Waals surface area contributed by atoms with Crippen LogP contribution in [0.3, 0.4) is 0 Å². The van der Waals surface area contributed by atoms with Crippen molar-refractivity contribution in [3.05, 3.63) is 53.6 Å². The maximum Gasteiger partial charge on any atom is 0.319 e. The van der Waals surface area contributed by atoms with Crippen molar-refractivity contribution >= 4 is 51.3 Å². The molecule has 0 radical (unpaired) electrons. The van der Waals surface area contributed by atoms with Gasteiger partial charge in [0, 0.05) is 56.6 Å². The molecule has 0 bridgehead atoms. The molecule has 0 saturated heterocycles. The van der Waals surface area contributed by atoms with E-state index < -0.39 is 58.8 Å². The van der Waals surface area contributed by atoms with Gasteiger partial charge in [0.05, 0.1) is 17.0 Å². The van der Waals surface area contributed by atoms with Gasteiger partial charge in [0.25, 0.3) is 0 Å². The normalized spacial score (nSPS) is 24.6. The topological polar surface area (TPSA) is 206 Å². The minimum absolute atomic E-state index is 0.0532. The van der Waals surface area contributed by atoms with Gasteiger partial charge in [0.2, 0.25) is 11.7 Å². The van der Waals surface area contributed by atoms with Gasteiger partial charge in [0.15, 0.2) is 11.4 Å². The number of phenolic OH excluding ortho intramolecular Hbond substituents is 2. The summed E-state index contributed by atoms with van der Waals surface area (Å²) in [5.41, 5.74) is 4.32. The number of amides is 3. The van der Waals surface area contributed by atoms with Crippen LogP contribution in [0.1, 0.15) is 15.9 Å². The highest BCUT2D eigenvalue weighted by molar-refractivity contribution is 6.17. The van der Waals surface area contributed by atoms with Crippen LogP contribution in [-0.4, -0.2) is 89.9 Å². The van der Waals surface area contributed by atoms with E-state index in [2.05, 4.69) is 10.6 Å². The number of hydrogen-bond acceptors (Lipinski definition) is 10. The number of benzene rings is 3. The molecule has 0 heterocycles. The number of anilines is 3. The molecule has 0 spiro atoms. The standard InChI is InChI=1S/C30H33N5O8/c1-34(2)15-7-5-14(6-8-15)32-29(42)33-23-17-12-13-11-16-18(35(3)4)9-10-19(36)21(16)24(37)20(13)26(39)30(17,43)27(40)22(25(23)38)28(31)41/h5-11,17,22-23,27,36-37,40,43H,12H2,1-4H3,(H2,31,41)(H2,32,33,42)/t17-,22?,23?,27?,30-/m0/s1. The number of aliphatic hydroxyl groups is 2. The second kappa shape index (κ2) is 10.4. The predicted octanol–water partition coefficient (Wildman–Crippen LogP) is 0.705. The minimum Gasteiger partial charge on any atom is -0.507 e. The van der Waals surface area contributed by atoms with Crippen molar-refractivity contribution in [3.63, 3.8) is 0 Å². The summed E-state index contributed by atoms with van der Waals surface area (Å²) >= 11 is 0. The number of hydrogen-bond donors (Lipinski definition) is 7. The molecule has 226 valence electrons. The molecule has 3 amide bonds. The molecule has 2 aliphatic rings. The van der Waals surface area contributed by atoms with E-state index in [1.807, 2.05) is 19.0 Å². The Labute approximate surface area is 246 Å². The number of nitrogens with one attached hydrogen (secondary N) is 2. The molecule has 3 aromatic rings. The van der Waals surface area contributed by atoms with E-state index >= 15 is 0 Å². The van der Waals surface area contributed by atoms with Crippen molar-refractivity contribution in [1.29, 1.82) is 0 Å². The third kappa shape index (κ3) is 4.57. The number of aliphatic hydroxyl groups excluding tert-OH is 1. The number of urea groups is 1. The first-order chi connectivity index (χ1) is 20.2. The van der Waals surface area contributed by atoms with E-state index in [1.165, 1.54) is 6.07 Å². The number of phenols is 2. The van der Waals surface area contributed by atoms with Crippen molar-refractivity contribution < 1.29 is 39.6 Å². The molecule has 13 heteroatoms. The summed E-state index contributed by atoms with van der Waals surface area (Å²) in [5.74, 6) is -7.88. The average molecular weight is 592 g/mol. The van der Waals surface area contributed by atoms with Crippen LogP contribution in [0.25, 0.3) is 10.8 Å². The van der Waals surface area contributed by atoms with Crippen LogP contribution in [0.4, 0.5) is 21.9 Å². The third-order valence-electron chi connectivity index (χ3n) is 8.41. The average Bonchev–Trinajstić information content (AvgIpc) is 2.92. The highest BCUT2D eigenvalue weighted by atomic mass is 16.4. The molecule has 3 unspecified atom stereocenters. The molecular weight excluding hydrogens is 558 g/mol. The predicted molar refractivity (Wildman–Crippen MR) is 158 cm³/mol. The van der Waals surface area contributed by atoms with Crippen molar-refractivity contribution in [2.75, 3.05) is 43.3 Å². The second-order valence-electron chi connectivity index (χ2n) is 11.4. The lowest BCUT2D eigenvalue weighted by molar-refractivity contribution is -0.168. The molecule has 1 fully saturated rings. The summed E-state index contributed by atoms with van der Waals surface area (Å²) in [5, 5.41) is 50.2. The largest absolute Gasteiger partial charge is 0.507 e. The summed E-state index contributed by atoms with van der Waals surface area (Å²) in [7, 11) is 7.20. The third-order valence-corrected chi connectivity index (χ3v) is 8.41. The van der Waals surface area contributed by atoms with Crippen molar-refractivity contribution in [2.45, 2.75) is 24.2 Å². The molecule has 0 aliphatic heterocycles. The van der Waals surface area contributed by atoms with E-state index in [9.17, 15) is 39.6 Å². The van der Waals surface area contributed by atoms with E-state index in [0.29, 0.717) is 16.8 Å². The lowest BCUT2D eigenvalue weighted by atomic mass is 9.57. The number of Topliss-reactive ketones (excluding diaryl/α,β-unsaturated/α-hetero) is 2.